The van der Waals surface area contributed by atoms with E-state index in [9.17, 15) is 9.59 Å². The second-order valence-corrected chi connectivity index (χ2v) is 6.60. The average Bonchev–Trinajstić information content (AvgIpc) is 2.60. The maximum Gasteiger partial charge on any atom is 0.306 e. The first-order valence-electron chi connectivity index (χ1n) is 8.38. The Balaban J connectivity index is 1.59. The van der Waals surface area contributed by atoms with Crippen molar-refractivity contribution < 1.29 is 14.7 Å². The highest BCUT2D eigenvalue weighted by Crippen LogP contribution is 2.23. The number of hydrogen-bond acceptors (Lipinski definition) is 3. The molecular weight excluding hydrogens is 292 g/mol. The minimum atomic E-state index is -0.738. The molecule has 0 radical (unpaired) electrons. The number of likely N-dealkylation sites (tertiary alicyclic amines) is 1. The second kappa shape index (κ2) is 6.71. The lowest BCUT2D eigenvalue weighted by Gasteiger charge is -2.37. The lowest BCUT2D eigenvalue weighted by atomic mass is 9.96. The van der Waals surface area contributed by atoms with Crippen LogP contribution in [0.2, 0.25) is 0 Å². The first-order chi connectivity index (χ1) is 11.1. The van der Waals surface area contributed by atoms with Crippen molar-refractivity contribution >= 4 is 11.9 Å². The summed E-state index contributed by atoms with van der Waals surface area (Å²) in [5.74, 6) is -0.901. The maximum absolute atomic E-state index is 12.7. The lowest BCUT2D eigenvalue weighted by Crippen LogP contribution is -2.51. The van der Waals surface area contributed by atoms with Crippen LogP contribution < -0.4 is 0 Å². The fourth-order valence-electron chi connectivity index (χ4n) is 3.62. The second-order valence-electron chi connectivity index (χ2n) is 6.60. The van der Waals surface area contributed by atoms with E-state index in [0.717, 1.165) is 19.5 Å². The largest absolute Gasteiger partial charge is 0.481 e. The molecule has 1 fully saturated rings. The number of carboxylic acid groups (broad SMARTS) is 1. The molecule has 2 aliphatic rings. The zero-order chi connectivity index (χ0) is 16.4. The molecule has 5 nitrogen and oxygen atoms in total. The Morgan fingerprint density at radius 3 is 2.43 bits per heavy atom. The predicted molar refractivity (Wildman–Crippen MR) is 87.0 cm³/mol. The molecule has 1 N–H and O–H groups in total. The fourth-order valence-corrected chi connectivity index (χ4v) is 3.62. The van der Waals surface area contributed by atoms with Crippen LogP contribution >= 0.6 is 0 Å². The number of benzene rings is 1. The molecule has 1 atom stereocenters. The molecule has 1 saturated heterocycles. The molecular formula is C18H24N2O3. The summed E-state index contributed by atoms with van der Waals surface area (Å²) in [6.45, 7) is 4.80. The molecule has 2 heterocycles. The van der Waals surface area contributed by atoms with Crippen LogP contribution in [0, 0.1) is 5.92 Å². The summed E-state index contributed by atoms with van der Waals surface area (Å²) in [5.41, 5.74) is 2.69. The van der Waals surface area contributed by atoms with Gasteiger partial charge in [-0.15, -0.1) is 0 Å². The zero-order valence-electron chi connectivity index (χ0n) is 13.6. The van der Waals surface area contributed by atoms with E-state index in [1.165, 1.54) is 11.1 Å². The van der Waals surface area contributed by atoms with E-state index in [-0.39, 0.29) is 17.9 Å². The van der Waals surface area contributed by atoms with E-state index >= 15 is 0 Å². The van der Waals surface area contributed by atoms with Gasteiger partial charge >= 0.3 is 5.97 Å². The number of amides is 1. The molecule has 3 rings (SSSR count). The number of fused-ring (bicyclic) bond motifs is 1. The summed E-state index contributed by atoms with van der Waals surface area (Å²) in [4.78, 5) is 27.8. The van der Waals surface area contributed by atoms with Crippen LogP contribution in [0.15, 0.2) is 24.3 Å². The van der Waals surface area contributed by atoms with Crippen LogP contribution in [0.4, 0.5) is 0 Å². The summed E-state index contributed by atoms with van der Waals surface area (Å²) in [6.07, 6.45) is 2.11. The molecule has 2 aliphatic heterocycles. The van der Waals surface area contributed by atoms with E-state index in [0.29, 0.717) is 25.9 Å². The molecule has 1 aromatic carbocycles. The van der Waals surface area contributed by atoms with E-state index in [1.807, 2.05) is 17.9 Å². The topological polar surface area (TPSA) is 60.9 Å². The van der Waals surface area contributed by atoms with Gasteiger partial charge in [-0.05, 0) is 37.3 Å². The van der Waals surface area contributed by atoms with Gasteiger partial charge in [-0.2, -0.15) is 0 Å². The number of hydrogen-bond donors (Lipinski definition) is 1. The van der Waals surface area contributed by atoms with Gasteiger partial charge < -0.3 is 10.0 Å². The molecule has 5 heteroatoms. The van der Waals surface area contributed by atoms with Crippen molar-refractivity contribution in [2.24, 2.45) is 5.92 Å². The SMILES string of the molecule is CC(C(=O)N1CCC(C(=O)O)CC1)N1CCc2ccccc2C1. The fraction of sp³-hybridized carbons (Fsp3) is 0.556. The number of carboxylic acids is 1. The van der Waals surface area contributed by atoms with Crippen molar-refractivity contribution in [1.82, 2.24) is 9.80 Å². The van der Waals surface area contributed by atoms with Gasteiger partial charge in [0.15, 0.2) is 0 Å². The van der Waals surface area contributed by atoms with Crippen LogP contribution in [-0.4, -0.2) is 52.5 Å². The van der Waals surface area contributed by atoms with Crippen LogP contribution in [0.3, 0.4) is 0 Å². The molecule has 1 aromatic rings. The molecule has 0 aromatic heterocycles. The number of rotatable bonds is 3. The van der Waals surface area contributed by atoms with Crippen molar-refractivity contribution in [3.63, 3.8) is 0 Å². The van der Waals surface area contributed by atoms with E-state index in [4.69, 9.17) is 5.11 Å². The molecule has 1 unspecified atom stereocenters. The predicted octanol–water partition coefficient (Wildman–Crippen LogP) is 1.76. The van der Waals surface area contributed by atoms with Crippen molar-refractivity contribution in [2.45, 2.75) is 38.8 Å². The molecule has 0 bridgehead atoms. The molecule has 124 valence electrons. The highest BCUT2D eigenvalue weighted by Gasteiger charge is 2.32. The Hall–Kier alpha value is -1.88. The lowest BCUT2D eigenvalue weighted by molar-refractivity contribution is -0.147. The Labute approximate surface area is 136 Å². The smallest absolute Gasteiger partial charge is 0.306 e. The summed E-state index contributed by atoms with van der Waals surface area (Å²) >= 11 is 0. The third kappa shape index (κ3) is 3.39. The van der Waals surface area contributed by atoms with Gasteiger partial charge in [-0.25, -0.2) is 0 Å². The Morgan fingerprint density at radius 1 is 1.13 bits per heavy atom. The van der Waals surface area contributed by atoms with Gasteiger partial charge in [0.25, 0.3) is 0 Å². The van der Waals surface area contributed by atoms with Gasteiger partial charge in [-0.3, -0.25) is 14.5 Å². The quantitative estimate of drug-likeness (QED) is 0.923. The highest BCUT2D eigenvalue weighted by molar-refractivity contribution is 5.82. The van der Waals surface area contributed by atoms with Gasteiger partial charge in [0.05, 0.1) is 12.0 Å². The average molecular weight is 316 g/mol. The Bertz CT molecular complexity index is 594. The van der Waals surface area contributed by atoms with E-state index in [2.05, 4.69) is 23.1 Å². The van der Waals surface area contributed by atoms with Crippen molar-refractivity contribution in [3.05, 3.63) is 35.4 Å². The van der Waals surface area contributed by atoms with Crippen LogP contribution in [-0.2, 0) is 22.6 Å². The highest BCUT2D eigenvalue weighted by atomic mass is 16.4. The van der Waals surface area contributed by atoms with Crippen LogP contribution in [0.1, 0.15) is 30.9 Å². The van der Waals surface area contributed by atoms with E-state index < -0.39 is 5.97 Å². The van der Waals surface area contributed by atoms with Gasteiger partial charge in [0.1, 0.15) is 0 Å². The van der Waals surface area contributed by atoms with E-state index in [1.54, 1.807) is 0 Å². The molecule has 1 amide bonds. The first kappa shape index (κ1) is 16.0. The molecule has 0 aliphatic carbocycles. The summed E-state index contributed by atoms with van der Waals surface area (Å²) in [7, 11) is 0. The monoisotopic (exact) mass is 316 g/mol. The first-order valence-corrected chi connectivity index (χ1v) is 8.38. The Kier molecular flexibility index (Phi) is 4.66. The minimum Gasteiger partial charge on any atom is -0.481 e. The number of carbonyl (C=O) groups is 2. The summed E-state index contributed by atoms with van der Waals surface area (Å²) in [6, 6.07) is 8.26. The standard InChI is InChI=1S/C18H24N2O3/c1-13(17(21)19-9-7-15(8-10-19)18(22)23)20-11-6-14-4-2-3-5-16(14)12-20/h2-5,13,15H,6-12H2,1H3,(H,22,23). The Morgan fingerprint density at radius 2 is 1.78 bits per heavy atom. The normalized spacial score (nSPS) is 20.8. The summed E-state index contributed by atoms with van der Waals surface area (Å²) in [5, 5.41) is 9.06. The van der Waals surface area contributed by atoms with Gasteiger partial charge in [-0.1, -0.05) is 24.3 Å². The van der Waals surface area contributed by atoms with Crippen molar-refractivity contribution in [3.8, 4) is 0 Å². The summed E-state index contributed by atoms with van der Waals surface area (Å²) < 4.78 is 0. The molecule has 0 saturated carbocycles. The zero-order valence-corrected chi connectivity index (χ0v) is 13.6. The maximum atomic E-state index is 12.7. The number of aliphatic carboxylic acids is 1. The van der Waals surface area contributed by atoms with Crippen molar-refractivity contribution in [1.29, 1.82) is 0 Å². The third-order valence-electron chi connectivity index (χ3n) is 5.22. The third-order valence-corrected chi connectivity index (χ3v) is 5.22. The number of carbonyl (C=O) groups excluding carboxylic acids is 1. The van der Waals surface area contributed by atoms with Gasteiger partial charge in [0.2, 0.25) is 5.91 Å². The molecule has 23 heavy (non-hydrogen) atoms. The van der Waals surface area contributed by atoms with Crippen LogP contribution in [0.5, 0.6) is 0 Å². The number of nitrogens with zero attached hydrogens (tertiary/aromatic N) is 2. The van der Waals surface area contributed by atoms with Gasteiger partial charge in [0, 0.05) is 26.2 Å². The van der Waals surface area contributed by atoms with Crippen molar-refractivity contribution in [2.75, 3.05) is 19.6 Å². The molecule has 0 spiro atoms. The number of piperidine rings is 1. The van der Waals surface area contributed by atoms with Crippen LogP contribution in [0.25, 0.3) is 0 Å². The minimum absolute atomic E-state index is 0.133.